The third-order valence-corrected chi connectivity index (χ3v) is 5.69. The second kappa shape index (κ2) is 9.63. The van der Waals surface area contributed by atoms with Gasteiger partial charge in [-0.3, -0.25) is 14.7 Å². The molecule has 0 spiro atoms. The Hall–Kier alpha value is -2.49. The molecule has 1 aromatic heterocycles. The number of fused-ring (bicyclic) bond motifs is 1. The predicted octanol–water partition coefficient (Wildman–Crippen LogP) is 2.61. The summed E-state index contributed by atoms with van der Waals surface area (Å²) in [7, 11) is 0. The Kier molecular flexibility index (Phi) is 6.96. The van der Waals surface area contributed by atoms with Gasteiger partial charge in [0.1, 0.15) is 6.07 Å². The van der Waals surface area contributed by atoms with E-state index in [1.54, 1.807) is 6.20 Å². The van der Waals surface area contributed by atoms with E-state index in [9.17, 15) is 10.1 Å². The Morgan fingerprint density at radius 2 is 2.07 bits per heavy atom. The van der Waals surface area contributed by atoms with Gasteiger partial charge in [0.25, 0.3) is 0 Å². The summed E-state index contributed by atoms with van der Waals surface area (Å²) in [6, 6.07) is 9.87. The first kappa shape index (κ1) is 20.2. The van der Waals surface area contributed by atoms with Crippen molar-refractivity contribution < 1.29 is 4.79 Å². The van der Waals surface area contributed by atoms with E-state index in [1.807, 2.05) is 24.3 Å². The maximum atomic E-state index is 12.8. The third-order valence-electron chi connectivity index (χ3n) is 5.69. The van der Waals surface area contributed by atoms with Crippen LogP contribution in [-0.4, -0.2) is 48.5 Å². The van der Waals surface area contributed by atoms with E-state index in [1.165, 1.54) is 0 Å². The number of carbonyl (C=O) groups is 1. The molecule has 6 nitrogen and oxygen atoms in total. The molecule has 1 aromatic carbocycles. The van der Waals surface area contributed by atoms with Gasteiger partial charge in [-0.2, -0.15) is 5.26 Å². The number of aromatic nitrogens is 1. The summed E-state index contributed by atoms with van der Waals surface area (Å²) in [6.45, 7) is 8.17. The van der Waals surface area contributed by atoms with Crippen LogP contribution in [0, 0.1) is 17.2 Å². The van der Waals surface area contributed by atoms with Crippen LogP contribution < -0.4 is 10.6 Å². The van der Waals surface area contributed by atoms with Crippen LogP contribution in [0.25, 0.3) is 10.9 Å². The Bertz CT molecular complexity index is 850. The molecule has 1 saturated heterocycles. The highest BCUT2D eigenvalue weighted by Gasteiger charge is 2.28. The summed E-state index contributed by atoms with van der Waals surface area (Å²) < 4.78 is 0. The van der Waals surface area contributed by atoms with E-state index in [-0.39, 0.29) is 11.9 Å². The molecule has 0 bridgehead atoms. The lowest BCUT2D eigenvalue weighted by molar-refractivity contribution is -0.123. The van der Waals surface area contributed by atoms with Crippen LogP contribution in [0.3, 0.4) is 0 Å². The minimum absolute atomic E-state index is 0.0497. The molecule has 148 valence electrons. The fraction of sp³-hybridized carbons (Fsp3) is 0.500. The Balaban J connectivity index is 1.97. The number of rotatable bonds is 7. The van der Waals surface area contributed by atoms with Crippen LogP contribution in [0.5, 0.6) is 0 Å². The minimum Gasteiger partial charge on any atom is -0.348 e. The average Bonchev–Trinajstić information content (AvgIpc) is 2.75. The molecule has 1 aliphatic heterocycles. The van der Waals surface area contributed by atoms with Crippen molar-refractivity contribution >= 4 is 16.8 Å². The van der Waals surface area contributed by atoms with Gasteiger partial charge in [0.05, 0.1) is 23.7 Å². The summed E-state index contributed by atoms with van der Waals surface area (Å²) in [5, 5.41) is 17.1. The van der Waals surface area contributed by atoms with Gasteiger partial charge < -0.3 is 10.6 Å². The summed E-state index contributed by atoms with van der Waals surface area (Å²) in [6.07, 6.45) is 3.74. The van der Waals surface area contributed by atoms with Crippen molar-refractivity contribution in [3.8, 4) is 6.07 Å². The molecule has 6 heteroatoms. The topological polar surface area (TPSA) is 81.1 Å². The Morgan fingerprint density at radius 3 is 2.75 bits per heavy atom. The number of amides is 1. The number of nitrogens with zero attached hydrogens (tertiary/aromatic N) is 3. The number of nitrogens with one attached hydrogen (secondary N) is 2. The highest BCUT2D eigenvalue weighted by atomic mass is 16.2. The standard InChI is InChI=1S/C22H29N5O/c1-3-27(4-2)15-20(28)26-22(16-9-12-24-13-10-16)19-8-7-17(14-23)21-18(19)6-5-11-25-21/h5-8,11,16,22,24H,3-4,9-10,12-13,15H2,1-2H3,(H,26,28). The normalized spacial score (nSPS) is 16.1. The van der Waals surface area contributed by atoms with Crippen molar-refractivity contribution in [2.75, 3.05) is 32.7 Å². The average molecular weight is 380 g/mol. The molecule has 3 rings (SSSR count). The maximum absolute atomic E-state index is 12.8. The number of hydrogen-bond donors (Lipinski definition) is 2. The SMILES string of the molecule is CCN(CC)CC(=O)NC(c1ccc(C#N)c2ncccc12)C1CCNCC1. The van der Waals surface area contributed by atoms with Crippen LogP contribution in [0.15, 0.2) is 30.5 Å². The summed E-state index contributed by atoms with van der Waals surface area (Å²) in [5.41, 5.74) is 2.33. The number of hydrogen-bond acceptors (Lipinski definition) is 5. The van der Waals surface area contributed by atoms with Crippen LogP contribution in [0.1, 0.15) is 43.9 Å². The number of pyridine rings is 1. The van der Waals surface area contributed by atoms with E-state index >= 15 is 0 Å². The zero-order chi connectivity index (χ0) is 19.9. The van der Waals surface area contributed by atoms with Crippen molar-refractivity contribution in [3.63, 3.8) is 0 Å². The van der Waals surface area contributed by atoms with Crippen molar-refractivity contribution in [1.82, 2.24) is 20.5 Å². The van der Waals surface area contributed by atoms with Crippen LogP contribution in [0.4, 0.5) is 0 Å². The summed E-state index contributed by atoms with van der Waals surface area (Å²) in [5.74, 6) is 0.409. The van der Waals surface area contributed by atoms with Crippen molar-refractivity contribution in [1.29, 1.82) is 5.26 Å². The number of piperidine rings is 1. The fourth-order valence-electron chi connectivity index (χ4n) is 4.05. The Morgan fingerprint density at radius 1 is 1.32 bits per heavy atom. The van der Waals surface area contributed by atoms with Gasteiger partial charge in [0.2, 0.25) is 5.91 Å². The molecule has 1 atom stereocenters. The van der Waals surface area contributed by atoms with E-state index in [0.717, 1.165) is 50.0 Å². The zero-order valence-electron chi connectivity index (χ0n) is 16.7. The van der Waals surface area contributed by atoms with E-state index in [4.69, 9.17) is 0 Å². The number of nitriles is 1. The first-order valence-electron chi connectivity index (χ1n) is 10.2. The van der Waals surface area contributed by atoms with Gasteiger partial charge in [-0.15, -0.1) is 0 Å². The molecule has 0 radical (unpaired) electrons. The molecular formula is C22H29N5O. The van der Waals surface area contributed by atoms with Crippen LogP contribution in [0.2, 0.25) is 0 Å². The molecule has 2 heterocycles. The monoisotopic (exact) mass is 379 g/mol. The van der Waals surface area contributed by atoms with Crippen molar-refractivity contribution in [3.05, 3.63) is 41.6 Å². The molecule has 1 aliphatic rings. The first-order chi connectivity index (χ1) is 13.7. The van der Waals surface area contributed by atoms with E-state index in [0.29, 0.717) is 23.5 Å². The van der Waals surface area contributed by atoms with Crippen molar-refractivity contribution in [2.45, 2.75) is 32.7 Å². The molecule has 2 aromatic rings. The van der Waals surface area contributed by atoms with Gasteiger partial charge in [-0.05, 0) is 62.6 Å². The second-order valence-electron chi connectivity index (χ2n) is 7.31. The van der Waals surface area contributed by atoms with Gasteiger partial charge in [-0.1, -0.05) is 26.0 Å². The second-order valence-corrected chi connectivity index (χ2v) is 7.31. The highest BCUT2D eigenvalue weighted by Crippen LogP contribution is 2.34. The smallest absolute Gasteiger partial charge is 0.234 e. The van der Waals surface area contributed by atoms with E-state index < -0.39 is 0 Å². The molecule has 1 amide bonds. The van der Waals surface area contributed by atoms with Gasteiger partial charge >= 0.3 is 0 Å². The number of likely N-dealkylation sites (N-methyl/N-ethyl adjacent to an activating group) is 1. The lowest BCUT2D eigenvalue weighted by Crippen LogP contribution is -2.43. The number of carbonyl (C=O) groups excluding carboxylic acids is 1. The Labute approximate surface area is 166 Å². The van der Waals surface area contributed by atoms with Gasteiger partial charge in [0, 0.05) is 11.6 Å². The molecule has 0 aliphatic carbocycles. The minimum atomic E-state index is -0.0791. The highest BCUT2D eigenvalue weighted by molar-refractivity contribution is 5.88. The fourth-order valence-corrected chi connectivity index (χ4v) is 4.05. The largest absolute Gasteiger partial charge is 0.348 e. The summed E-state index contributed by atoms with van der Waals surface area (Å²) in [4.78, 5) is 19.4. The molecule has 28 heavy (non-hydrogen) atoms. The number of benzene rings is 1. The molecule has 0 saturated carbocycles. The van der Waals surface area contributed by atoms with Crippen molar-refractivity contribution in [2.24, 2.45) is 5.92 Å². The van der Waals surface area contributed by atoms with Gasteiger partial charge in [0.15, 0.2) is 0 Å². The van der Waals surface area contributed by atoms with E-state index in [2.05, 4.69) is 40.4 Å². The van der Waals surface area contributed by atoms with Crippen LogP contribution in [-0.2, 0) is 4.79 Å². The zero-order valence-corrected chi connectivity index (χ0v) is 16.7. The third kappa shape index (κ3) is 4.49. The van der Waals surface area contributed by atoms with Crippen LogP contribution >= 0.6 is 0 Å². The molecular weight excluding hydrogens is 350 g/mol. The predicted molar refractivity (Wildman–Crippen MR) is 111 cm³/mol. The first-order valence-corrected chi connectivity index (χ1v) is 10.2. The lowest BCUT2D eigenvalue weighted by Gasteiger charge is -2.33. The molecule has 1 unspecified atom stereocenters. The lowest BCUT2D eigenvalue weighted by atomic mass is 9.84. The quantitative estimate of drug-likeness (QED) is 0.773. The molecule has 1 fully saturated rings. The molecule has 2 N–H and O–H groups in total. The van der Waals surface area contributed by atoms with Gasteiger partial charge in [-0.25, -0.2) is 0 Å². The summed E-state index contributed by atoms with van der Waals surface area (Å²) >= 11 is 0. The maximum Gasteiger partial charge on any atom is 0.234 e.